The van der Waals surface area contributed by atoms with Crippen molar-refractivity contribution in [3.63, 3.8) is 0 Å². The van der Waals surface area contributed by atoms with E-state index in [0.717, 1.165) is 35.7 Å². The zero-order valence-electron chi connectivity index (χ0n) is 10.8. The molecule has 1 saturated carbocycles. The van der Waals surface area contributed by atoms with Crippen molar-refractivity contribution in [2.24, 2.45) is 0 Å². The first-order valence-electron chi connectivity index (χ1n) is 6.85. The third kappa shape index (κ3) is 2.70. The van der Waals surface area contributed by atoms with E-state index in [4.69, 9.17) is 4.74 Å². The van der Waals surface area contributed by atoms with Crippen LogP contribution in [0.5, 0.6) is 0 Å². The highest BCUT2D eigenvalue weighted by Gasteiger charge is 2.43. The lowest BCUT2D eigenvalue weighted by Crippen LogP contribution is -2.48. The summed E-state index contributed by atoms with van der Waals surface area (Å²) in [6, 6.07) is 8.54. The van der Waals surface area contributed by atoms with Crippen LogP contribution in [0, 0.1) is 0 Å². The molecule has 0 aromatic heterocycles. The van der Waals surface area contributed by atoms with Gasteiger partial charge in [0.25, 0.3) is 0 Å². The molecule has 2 aliphatic rings. The van der Waals surface area contributed by atoms with Gasteiger partial charge < -0.3 is 10.1 Å². The number of amides is 1. The minimum absolute atomic E-state index is 0.181. The smallest absolute Gasteiger partial charge is 0.231 e. The fraction of sp³-hybridized carbons (Fsp3) is 0.533. The summed E-state index contributed by atoms with van der Waals surface area (Å²) in [4.78, 5) is 12.7. The Kier molecular flexibility index (Phi) is 3.63. The maximum absolute atomic E-state index is 12.7. The Balaban J connectivity index is 1.90. The molecule has 1 heterocycles. The molecule has 2 fully saturated rings. The summed E-state index contributed by atoms with van der Waals surface area (Å²) >= 11 is 3.45. The van der Waals surface area contributed by atoms with E-state index in [1.807, 2.05) is 12.1 Å². The number of ether oxygens (including phenoxy) is 1. The summed E-state index contributed by atoms with van der Waals surface area (Å²) in [5.74, 6) is 0.181. The normalized spacial score (nSPS) is 21.9. The Labute approximate surface area is 121 Å². The molecule has 1 saturated heterocycles. The van der Waals surface area contributed by atoms with E-state index in [2.05, 4.69) is 33.4 Å². The van der Waals surface area contributed by atoms with Crippen LogP contribution in [-0.4, -0.2) is 25.2 Å². The van der Waals surface area contributed by atoms with Crippen LogP contribution in [0.4, 0.5) is 0 Å². The molecule has 0 bridgehead atoms. The first-order valence-corrected chi connectivity index (χ1v) is 7.65. The zero-order valence-corrected chi connectivity index (χ0v) is 12.4. The van der Waals surface area contributed by atoms with Crippen LogP contribution in [0.15, 0.2) is 28.7 Å². The first-order chi connectivity index (χ1) is 9.21. The van der Waals surface area contributed by atoms with Gasteiger partial charge in [0.05, 0.1) is 5.41 Å². The number of nitrogens with one attached hydrogen (secondary N) is 1. The summed E-state index contributed by atoms with van der Waals surface area (Å²) in [5.41, 5.74) is 0.707. The van der Waals surface area contributed by atoms with Crippen LogP contribution in [0.3, 0.4) is 0 Å². The molecule has 1 aliphatic heterocycles. The highest BCUT2D eigenvalue weighted by molar-refractivity contribution is 9.10. The Morgan fingerprint density at radius 2 is 1.84 bits per heavy atom. The van der Waals surface area contributed by atoms with E-state index in [9.17, 15) is 4.79 Å². The molecule has 1 N–H and O–H groups in total. The van der Waals surface area contributed by atoms with Gasteiger partial charge >= 0.3 is 0 Å². The van der Waals surface area contributed by atoms with Crippen LogP contribution in [-0.2, 0) is 14.9 Å². The van der Waals surface area contributed by atoms with Crippen molar-refractivity contribution in [2.45, 2.75) is 37.1 Å². The van der Waals surface area contributed by atoms with Gasteiger partial charge in [-0.15, -0.1) is 0 Å². The molecule has 1 aliphatic carbocycles. The van der Waals surface area contributed by atoms with E-state index < -0.39 is 5.41 Å². The van der Waals surface area contributed by atoms with Gasteiger partial charge in [-0.05, 0) is 43.4 Å². The third-order valence-corrected chi connectivity index (χ3v) is 4.62. The fourth-order valence-electron chi connectivity index (χ4n) is 2.69. The van der Waals surface area contributed by atoms with E-state index in [0.29, 0.717) is 19.3 Å². The molecule has 102 valence electrons. The SMILES string of the molecule is O=C(NC1CC1)C1(c2ccc(Br)cc2)CCOCC1. The van der Waals surface area contributed by atoms with Crippen LogP contribution < -0.4 is 5.32 Å². The molecule has 1 aromatic rings. The van der Waals surface area contributed by atoms with Crippen molar-refractivity contribution < 1.29 is 9.53 Å². The molecule has 1 aromatic carbocycles. The third-order valence-electron chi connectivity index (χ3n) is 4.09. The topological polar surface area (TPSA) is 38.3 Å². The van der Waals surface area contributed by atoms with E-state index >= 15 is 0 Å². The predicted molar refractivity (Wildman–Crippen MR) is 77.0 cm³/mol. The molecule has 4 heteroatoms. The van der Waals surface area contributed by atoms with Crippen molar-refractivity contribution >= 4 is 21.8 Å². The van der Waals surface area contributed by atoms with Crippen molar-refractivity contribution in [3.8, 4) is 0 Å². The summed E-state index contributed by atoms with van der Waals surface area (Å²) < 4.78 is 6.49. The first kappa shape index (κ1) is 13.1. The maximum Gasteiger partial charge on any atom is 0.231 e. The van der Waals surface area contributed by atoms with Gasteiger partial charge in [0.15, 0.2) is 0 Å². The molecule has 19 heavy (non-hydrogen) atoms. The number of carbonyl (C=O) groups excluding carboxylic acids is 1. The minimum atomic E-state index is -0.401. The number of carbonyl (C=O) groups is 1. The van der Waals surface area contributed by atoms with Gasteiger partial charge in [0, 0.05) is 23.7 Å². The average Bonchev–Trinajstić information content (AvgIpc) is 3.24. The van der Waals surface area contributed by atoms with Gasteiger partial charge in [-0.3, -0.25) is 4.79 Å². The number of benzene rings is 1. The second kappa shape index (κ2) is 5.25. The largest absolute Gasteiger partial charge is 0.381 e. The molecular formula is C15H18BrNO2. The van der Waals surface area contributed by atoms with Crippen molar-refractivity contribution in [2.75, 3.05) is 13.2 Å². The van der Waals surface area contributed by atoms with Crippen LogP contribution >= 0.6 is 15.9 Å². The van der Waals surface area contributed by atoms with Crippen LogP contribution in [0.2, 0.25) is 0 Å². The summed E-state index contributed by atoms with van der Waals surface area (Å²) in [6.45, 7) is 1.32. The van der Waals surface area contributed by atoms with Gasteiger partial charge in [-0.1, -0.05) is 28.1 Å². The lowest BCUT2D eigenvalue weighted by molar-refractivity contribution is -0.130. The molecule has 0 atom stereocenters. The summed E-state index contributed by atoms with van der Waals surface area (Å²) in [5, 5.41) is 3.17. The Morgan fingerprint density at radius 3 is 2.42 bits per heavy atom. The monoisotopic (exact) mass is 323 g/mol. The Hall–Kier alpha value is -0.870. The summed E-state index contributed by atoms with van der Waals surface area (Å²) in [6.07, 6.45) is 3.79. The van der Waals surface area contributed by atoms with Crippen molar-refractivity contribution in [1.82, 2.24) is 5.32 Å². The second-order valence-corrected chi connectivity index (χ2v) is 6.36. The average molecular weight is 324 g/mol. The highest BCUT2D eigenvalue weighted by Crippen LogP contribution is 2.36. The van der Waals surface area contributed by atoms with Gasteiger partial charge in [-0.2, -0.15) is 0 Å². The quantitative estimate of drug-likeness (QED) is 0.928. The van der Waals surface area contributed by atoms with Gasteiger partial charge in [0.1, 0.15) is 0 Å². The molecule has 1 amide bonds. The lowest BCUT2D eigenvalue weighted by atomic mass is 9.73. The standard InChI is InChI=1S/C15H18BrNO2/c16-12-3-1-11(2-4-12)15(7-9-19-10-8-15)14(18)17-13-5-6-13/h1-4,13H,5-10H2,(H,17,18). The lowest BCUT2D eigenvalue weighted by Gasteiger charge is -2.36. The molecule has 0 unspecified atom stereocenters. The molecule has 0 radical (unpaired) electrons. The van der Waals surface area contributed by atoms with Crippen molar-refractivity contribution in [1.29, 1.82) is 0 Å². The highest BCUT2D eigenvalue weighted by atomic mass is 79.9. The zero-order chi connectivity index (χ0) is 13.3. The number of rotatable bonds is 3. The molecular weight excluding hydrogens is 306 g/mol. The van der Waals surface area contributed by atoms with Gasteiger partial charge in [-0.25, -0.2) is 0 Å². The number of halogens is 1. The summed E-state index contributed by atoms with van der Waals surface area (Å²) in [7, 11) is 0. The number of hydrogen-bond donors (Lipinski definition) is 1. The Bertz CT molecular complexity index is 462. The second-order valence-electron chi connectivity index (χ2n) is 5.45. The van der Waals surface area contributed by atoms with E-state index in [1.54, 1.807) is 0 Å². The molecule has 3 rings (SSSR count). The maximum atomic E-state index is 12.7. The van der Waals surface area contributed by atoms with E-state index in [-0.39, 0.29) is 5.91 Å². The molecule has 3 nitrogen and oxygen atoms in total. The van der Waals surface area contributed by atoms with Crippen molar-refractivity contribution in [3.05, 3.63) is 34.3 Å². The number of hydrogen-bond acceptors (Lipinski definition) is 2. The molecule has 0 spiro atoms. The Morgan fingerprint density at radius 1 is 1.21 bits per heavy atom. The minimum Gasteiger partial charge on any atom is -0.381 e. The van der Waals surface area contributed by atoms with Crippen LogP contribution in [0.1, 0.15) is 31.2 Å². The fourth-order valence-corrected chi connectivity index (χ4v) is 2.95. The predicted octanol–water partition coefficient (Wildman–Crippen LogP) is 2.78. The van der Waals surface area contributed by atoms with Crippen LogP contribution in [0.25, 0.3) is 0 Å². The van der Waals surface area contributed by atoms with E-state index in [1.165, 1.54) is 0 Å². The van der Waals surface area contributed by atoms with Gasteiger partial charge in [0.2, 0.25) is 5.91 Å².